The fourth-order valence-corrected chi connectivity index (χ4v) is 2.74. The molecule has 1 amide bonds. The van der Waals surface area contributed by atoms with Gasteiger partial charge in [0.2, 0.25) is 0 Å². The molecule has 0 bridgehead atoms. The maximum Gasteiger partial charge on any atom is 0.261 e. The summed E-state index contributed by atoms with van der Waals surface area (Å²) in [6.07, 6.45) is 0. The molecule has 21 heavy (non-hydrogen) atoms. The minimum absolute atomic E-state index is 0. The van der Waals surface area contributed by atoms with Crippen LogP contribution in [-0.4, -0.2) is 39.3 Å². The van der Waals surface area contributed by atoms with Crippen molar-refractivity contribution < 1.29 is 13.9 Å². The van der Waals surface area contributed by atoms with Gasteiger partial charge in [-0.15, -0.1) is 23.7 Å². The molecule has 0 saturated heterocycles. The second-order valence-electron chi connectivity index (χ2n) is 4.29. The van der Waals surface area contributed by atoms with Crippen LogP contribution < -0.4 is 10.6 Å². The van der Waals surface area contributed by atoms with Gasteiger partial charge >= 0.3 is 0 Å². The van der Waals surface area contributed by atoms with E-state index in [-0.39, 0.29) is 24.1 Å². The van der Waals surface area contributed by atoms with Crippen LogP contribution in [0.25, 0.3) is 10.1 Å². The molecule has 0 atom stereocenters. The molecule has 1 heterocycles. The Hall–Kier alpha value is -1.21. The fourth-order valence-electron chi connectivity index (χ4n) is 1.78. The van der Waals surface area contributed by atoms with Gasteiger partial charge in [-0.2, -0.15) is 0 Å². The van der Waals surface area contributed by atoms with E-state index in [4.69, 9.17) is 4.74 Å². The van der Waals surface area contributed by atoms with Crippen LogP contribution in [0.1, 0.15) is 9.67 Å². The molecule has 116 valence electrons. The monoisotopic (exact) mass is 332 g/mol. The number of methoxy groups -OCH3 is 1. The largest absolute Gasteiger partial charge is 0.383 e. The molecule has 0 unspecified atom stereocenters. The van der Waals surface area contributed by atoms with Crippen molar-refractivity contribution in [3.63, 3.8) is 0 Å². The van der Waals surface area contributed by atoms with Crippen LogP contribution in [0.5, 0.6) is 0 Å². The zero-order valence-electron chi connectivity index (χ0n) is 11.6. The van der Waals surface area contributed by atoms with Crippen molar-refractivity contribution in [1.82, 2.24) is 10.6 Å². The van der Waals surface area contributed by atoms with Crippen LogP contribution in [0, 0.1) is 5.82 Å². The first-order valence-corrected chi connectivity index (χ1v) is 7.19. The number of hydrogen-bond acceptors (Lipinski definition) is 4. The molecule has 1 aromatic carbocycles. The second-order valence-corrected chi connectivity index (χ2v) is 5.38. The number of carbonyl (C=O) groups excluding carboxylic acids is 1. The summed E-state index contributed by atoms with van der Waals surface area (Å²) in [5.41, 5.74) is 0. The summed E-state index contributed by atoms with van der Waals surface area (Å²) < 4.78 is 18.9. The van der Waals surface area contributed by atoms with Gasteiger partial charge < -0.3 is 15.4 Å². The van der Waals surface area contributed by atoms with Gasteiger partial charge in [-0.05, 0) is 29.7 Å². The van der Waals surface area contributed by atoms with E-state index in [2.05, 4.69) is 10.6 Å². The maximum atomic E-state index is 13.1. The Labute approximate surface area is 133 Å². The molecule has 2 N–H and O–H groups in total. The van der Waals surface area contributed by atoms with Crippen LogP contribution in [0.4, 0.5) is 4.39 Å². The molecule has 0 aliphatic carbocycles. The van der Waals surface area contributed by atoms with Crippen molar-refractivity contribution in [2.45, 2.75) is 0 Å². The number of carbonyl (C=O) groups is 1. The average molecular weight is 333 g/mol. The van der Waals surface area contributed by atoms with E-state index in [0.29, 0.717) is 24.6 Å². The Bertz CT molecular complexity index is 591. The first kappa shape index (κ1) is 17.8. The predicted octanol–water partition coefficient (Wildman–Crippen LogP) is 2.43. The number of halogens is 2. The Morgan fingerprint density at radius 2 is 2.10 bits per heavy atom. The molecule has 7 heteroatoms. The Morgan fingerprint density at radius 3 is 2.86 bits per heavy atom. The standard InChI is InChI=1S/C14H17FN2O2S.ClH/c1-19-7-6-16-4-5-17-14(18)13-9-10-8-11(15)2-3-12(10)20-13;/h2-3,8-9,16H,4-7H2,1H3,(H,17,18);1H. The van der Waals surface area contributed by atoms with E-state index >= 15 is 0 Å². The van der Waals surface area contributed by atoms with Gasteiger partial charge in [0.15, 0.2) is 0 Å². The number of ether oxygens (including phenoxy) is 1. The van der Waals surface area contributed by atoms with E-state index in [9.17, 15) is 9.18 Å². The van der Waals surface area contributed by atoms with Gasteiger partial charge in [0.1, 0.15) is 5.82 Å². The van der Waals surface area contributed by atoms with Gasteiger partial charge in [-0.1, -0.05) is 0 Å². The highest BCUT2D eigenvalue weighted by Crippen LogP contribution is 2.26. The number of benzene rings is 1. The molecule has 0 saturated carbocycles. The summed E-state index contributed by atoms with van der Waals surface area (Å²) in [6, 6.07) is 6.25. The zero-order chi connectivity index (χ0) is 14.4. The lowest BCUT2D eigenvalue weighted by molar-refractivity contribution is 0.0958. The van der Waals surface area contributed by atoms with Crippen molar-refractivity contribution in [2.75, 3.05) is 33.4 Å². The maximum absolute atomic E-state index is 13.1. The molecular formula is C14H18ClFN2O2S. The summed E-state index contributed by atoms with van der Waals surface area (Å²) in [4.78, 5) is 12.5. The van der Waals surface area contributed by atoms with Crippen LogP contribution in [-0.2, 0) is 4.74 Å². The van der Waals surface area contributed by atoms with Crippen molar-refractivity contribution in [1.29, 1.82) is 0 Å². The third-order valence-electron chi connectivity index (χ3n) is 2.77. The third-order valence-corrected chi connectivity index (χ3v) is 3.89. The highest BCUT2D eigenvalue weighted by atomic mass is 35.5. The van der Waals surface area contributed by atoms with E-state index in [1.807, 2.05) is 0 Å². The SMILES string of the molecule is COCCNCCNC(=O)c1cc2cc(F)ccc2s1.Cl. The zero-order valence-corrected chi connectivity index (χ0v) is 13.3. The van der Waals surface area contributed by atoms with Crippen LogP contribution >= 0.6 is 23.7 Å². The number of amides is 1. The predicted molar refractivity (Wildman–Crippen MR) is 86.1 cm³/mol. The van der Waals surface area contributed by atoms with Crippen molar-refractivity contribution in [3.05, 3.63) is 35.0 Å². The Kier molecular flexibility index (Phi) is 7.60. The number of rotatable bonds is 7. The second kappa shape index (κ2) is 8.94. The molecule has 2 rings (SSSR count). The average Bonchev–Trinajstić information content (AvgIpc) is 2.85. The van der Waals surface area contributed by atoms with Crippen molar-refractivity contribution in [2.24, 2.45) is 0 Å². The number of hydrogen-bond donors (Lipinski definition) is 2. The minimum atomic E-state index is -0.287. The summed E-state index contributed by atoms with van der Waals surface area (Å²) in [7, 11) is 1.65. The molecule has 0 fully saturated rings. The van der Waals surface area contributed by atoms with Crippen molar-refractivity contribution in [3.8, 4) is 0 Å². The lowest BCUT2D eigenvalue weighted by atomic mass is 10.2. The summed E-state index contributed by atoms with van der Waals surface area (Å²) in [5.74, 6) is -0.412. The Morgan fingerprint density at radius 1 is 1.29 bits per heavy atom. The number of fused-ring (bicyclic) bond motifs is 1. The lowest BCUT2D eigenvalue weighted by Gasteiger charge is -2.05. The third kappa shape index (κ3) is 5.24. The molecule has 2 aromatic rings. The highest BCUT2D eigenvalue weighted by Gasteiger charge is 2.09. The normalized spacial score (nSPS) is 10.4. The number of thiophene rings is 1. The van der Waals surface area contributed by atoms with Crippen LogP contribution in [0.15, 0.2) is 24.3 Å². The van der Waals surface area contributed by atoms with Gasteiger partial charge in [-0.3, -0.25) is 4.79 Å². The Balaban J connectivity index is 0.00000220. The summed E-state index contributed by atoms with van der Waals surface area (Å²) in [5, 5.41) is 6.73. The van der Waals surface area contributed by atoms with E-state index < -0.39 is 0 Å². The smallest absolute Gasteiger partial charge is 0.261 e. The van der Waals surface area contributed by atoms with Gasteiger partial charge in [0, 0.05) is 31.4 Å². The molecule has 1 aromatic heterocycles. The molecule has 0 aliphatic heterocycles. The highest BCUT2D eigenvalue weighted by molar-refractivity contribution is 7.20. The topological polar surface area (TPSA) is 50.4 Å². The van der Waals surface area contributed by atoms with E-state index in [1.54, 1.807) is 19.2 Å². The first-order chi connectivity index (χ1) is 9.70. The number of nitrogens with one attached hydrogen (secondary N) is 2. The van der Waals surface area contributed by atoms with Crippen LogP contribution in [0.2, 0.25) is 0 Å². The minimum Gasteiger partial charge on any atom is -0.383 e. The molecule has 4 nitrogen and oxygen atoms in total. The lowest BCUT2D eigenvalue weighted by Crippen LogP contribution is -2.32. The van der Waals surface area contributed by atoms with Gasteiger partial charge in [0.25, 0.3) is 5.91 Å². The molecule has 0 aliphatic rings. The van der Waals surface area contributed by atoms with Gasteiger partial charge in [0.05, 0.1) is 11.5 Å². The molecular weight excluding hydrogens is 315 g/mol. The van der Waals surface area contributed by atoms with E-state index in [0.717, 1.165) is 16.6 Å². The van der Waals surface area contributed by atoms with Crippen molar-refractivity contribution >= 4 is 39.7 Å². The van der Waals surface area contributed by atoms with E-state index in [1.165, 1.54) is 23.5 Å². The quantitative estimate of drug-likeness (QED) is 0.766. The molecule has 0 radical (unpaired) electrons. The van der Waals surface area contributed by atoms with Gasteiger partial charge in [-0.25, -0.2) is 4.39 Å². The molecule has 0 spiro atoms. The fraction of sp³-hybridized carbons (Fsp3) is 0.357. The van der Waals surface area contributed by atoms with Crippen LogP contribution in [0.3, 0.4) is 0 Å². The summed E-state index contributed by atoms with van der Waals surface area (Å²) in [6.45, 7) is 2.64. The summed E-state index contributed by atoms with van der Waals surface area (Å²) >= 11 is 1.37. The first-order valence-electron chi connectivity index (χ1n) is 6.37.